The van der Waals surface area contributed by atoms with Gasteiger partial charge in [-0.25, -0.2) is 9.18 Å². The fourth-order valence-corrected chi connectivity index (χ4v) is 5.75. The third-order valence-electron chi connectivity index (χ3n) is 6.15. The van der Waals surface area contributed by atoms with Crippen molar-refractivity contribution in [3.63, 3.8) is 0 Å². The largest absolute Gasteiger partial charge is 0.511 e. The molecule has 0 amide bonds. The second-order valence-electron chi connectivity index (χ2n) is 7.96. The summed E-state index contributed by atoms with van der Waals surface area (Å²) in [4.78, 5) is 26.4. The van der Waals surface area contributed by atoms with Gasteiger partial charge >= 0.3 is 6.16 Å². The number of fused-ring (bicyclic) bond motifs is 1. The number of anilines is 1. The first-order chi connectivity index (χ1) is 14.9. The maximum absolute atomic E-state index is 15.4. The molecule has 2 unspecified atom stereocenters. The Morgan fingerprint density at radius 2 is 2.26 bits per heavy atom. The van der Waals surface area contributed by atoms with Gasteiger partial charge in [-0.2, -0.15) is 0 Å². The number of nitrogens with zero attached hydrogens (tertiary/aromatic N) is 2. The number of hydrogen-bond donors (Lipinski definition) is 2. The number of allylic oxidation sites excluding steroid dienone is 2. The van der Waals surface area contributed by atoms with E-state index in [2.05, 4.69) is 0 Å². The van der Waals surface area contributed by atoms with Crippen molar-refractivity contribution in [1.29, 1.82) is 0 Å². The van der Waals surface area contributed by atoms with Crippen LogP contribution < -0.4 is 25.5 Å². The number of benzene rings is 1. The minimum atomic E-state index is -1.60. The summed E-state index contributed by atoms with van der Waals surface area (Å²) in [7, 11) is 0. The van der Waals surface area contributed by atoms with Crippen molar-refractivity contribution in [3.8, 4) is 11.5 Å². The Morgan fingerprint density at radius 3 is 3.03 bits per heavy atom. The van der Waals surface area contributed by atoms with Crippen molar-refractivity contribution in [1.82, 2.24) is 4.40 Å². The number of pyridine rings is 1. The molecular formula is C21H16FN3O5S. The highest BCUT2D eigenvalue weighted by Gasteiger charge is 2.43. The van der Waals surface area contributed by atoms with Crippen molar-refractivity contribution in [2.75, 3.05) is 18.0 Å². The van der Waals surface area contributed by atoms with Gasteiger partial charge < -0.3 is 25.2 Å². The van der Waals surface area contributed by atoms with Crippen LogP contribution in [0.3, 0.4) is 0 Å². The molecule has 8 nitrogen and oxygen atoms in total. The van der Waals surface area contributed by atoms with Crippen LogP contribution in [0.1, 0.15) is 5.69 Å². The first-order valence-corrected chi connectivity index (χ1v) is 10.5. The minimum absolute atomic E-state index is 0.00298. The summed E-state index contributed by atoms with van der Waals surface area (Å²) in [5, 5.41) is 10.8. The molecule has 0 spiro atoms. The molecule has 10 heteroatoms. The second kappa shape index (κ2) is 6.08. The molecule has 0 radical (unpaired) electrons. The van der Waals surface area contributed by atoms with Gasteiger partial charge in [0.05, 0.1) is 16.6 Å². The molecule has 2 atom stereocenters. The van der Waals surface area contributed by atoms with Gasteiger partial charge in [-0.05, 0) is 6.07 Å². The lowest BCUT2D eigenvalue weighted by Crippen LogP contribution is -2.46. The van der Waals surface area contributed by atoms with Gasteiger partial charge in [0, 0.05) is 24.4 Å². The molecule has 3 aliphatic rings. The normalized spacial score (nSPS) is 23.5. The number of hydrogen-bond acceptors (Lipinski definition) is 7. The Morgan fingerprint density at radius 1 is 1.42 bits per heavy atom. The van der Waals surface area contributed by atoms with Crippen molar-refractivity contribution in [2.45, 2.75) is 12.1 Å². The molecule has 0 saturated carbocycles. The van der Waals surface area contributed by atoms with Crippen LogP contribution in [0.4, 0.5) is 14.9 Å². The fraction of sp³-hybridized carbons (Fsp3) is 0.238. The lowest BCUT2D eigenvalue weighted by molar-refractivity contribution is 0.144. The van der Waals surface area contributed by atoms with Crippen LogP contribution in [0.15, 0.2) is 40.5 Å². The van der Waals surface area contributed by atoms with E-state index in [-0.39, 0.29) is 35.1 Å². The number of thiazole rings is 1. The van der Waals surface area contributed by atoms with Crippen molar-refractivity contribution in [3.05, 3.63) is 57.5 Å². The van der Waals surface area contributed by atoms with E-state index in [1.807, 2.05) is 29.2 Å². The van der Waals surface area contributed by atoms with Gasteiger partial charge in [-0.15, -0.1) is 11.3 Å². The first-order valence-electron chi connectivity index (χ1n) is 9.62. The molecule has 0 bridgehead atoms. The van der Waals surface area contributed by atoms with Crippen LogP contribution >= 0.6 is 11.3 Å². The number of carbonyl (C=O) groups is 1. The van der Waals surface area contributed by atoms with Crippen LogP contribution in [0.5, 0.6) is 11.5 Å². The minimum Gasteiger partial charge on any atom is -0.483 e. The summed E-state index contributed by atoms with van der Waals surface area (Å²) in [6, 6.07) is 1.13. The van der Waals surface area contributed by atoms with Crippen molar-refractivity contribution < 1.29 is 23.8 Å². The SMILES string of the molecule is NC12C=CC=CC1CN(c1c(F)cc3c(=O)c(OC(=O)O)c4scc5n4c3c1OC5)C2. The highest BCUT2D eigenvalue weighted by atomic mass is 32.1. The molecule has 2 aliphatic heterocycles. The molecule has 1 fully saturated rings. The van der Waals surface area contributed by atoms with E-state index >= 15 is 4.39 Å². The van der Waals surface area contributed by atoms with Gasteiger partial charge in [-0.1, -0.05) is 24.3 Å². The molecule has 3 aromatic rings. The van der Waals surface area contributed by atoms with Crippen LogP contribution in [0, 0.1) is 11.7 Å². The maximum atomic E-state index is 15.4. The third kappa shape index (κ3) is 2.42. The van der Waals surface area contributed by atoms with Crippen molar-refractivity contribution >= 4 is 38.9 Å². The van der Waals surface area contributed by atoms with Gasteiger partial charge in [-0.3, -0.25) is 9.20 Å². The zero-order valence-corrected chi connectivity index (χ0v) is 16.8. The standard InChI is InChI=1S/C21H16FN3O5S/c22-13-5-12-14-17(15(13)24-6-10-3-1-2-4-21(10,23)9-24)29-7-11-8-31-19(25(11)14)18(16(12)26)30-20(27)28/h1-5,8,10H,6-7,9,23H2,(H,27,28). The Hall–Kier alpha value is -3.37. The second-order valence-corrected chi connectivity index (χ2v) is 8.82. The predicted octanol–water partition coefficient (Wildman–Crippen LogP) is 2.86. The van der Waals surface area contributed by atoms with Gasteiger partial charge in [0.25, 0.3) is 0 Å². The molecule has 4 heterocycles. The van der Waals surface area contributed by atoms with E-state index < -0.39 is 22.9 Å². The van der Waals surface area contributed by atoms with E-state index in [1.54, 1.807) is 9.78 Å². The third-order valence-corrected chi connectivity index (χ3v) is 7.13. The first kappa shape index (κ1) is 18.4. The molecule has 1 saturated heterocycles. The number of ether oxygens (including phenoxy) is 2. The molecule has 1 aromatic carbocycles. The van der Waals surface area contributed by atoms with E-state index in [1.165, 1.54) is 11.3 Å². The lowest BCUT2D eigenvalue weighted by atomic mass is 9.85. The Kier molecular flexibility index (Phi) is 3.61. The van der Waals surface area contributed by atoms with E-state index in [0.717, 1.165) is 11.8 Å². The molecule has 3 N–H and O–H groups in total. The molecule has 6 rings (SSSR count). The van der Waals surface area contributed by atoms with Crippen LogP contribution in [0.25, 0.3) is 15.7 Å². The summed E-state index contributed by atoms with van der Waals surface area (Å²) < 4.78 is 27.9. The Bertz CT molecular complexity index is 1420. The van der Waals surface area contributed by atoms with Gasteiger partial charge in [0.2, 0.25) is 11.2 Å². The zero-order chi connectivity index (χ0) is 21.5. The van der Waals surface area contributed by atoms with Crippen LogP contribution in [-0.2, 0) is 6.61 Å². The fourth-order valence-electron chi connectivity index (χ4n) is 4.77. The summed E-state index contributed by atoms with van der Waals surface area (Å²) >= 11 is 1.18. The zero-order valence-electron chi connectivity index (χ0n) is 16.0. The quantitative estimate of drug-likeness (QED) is 0.589. The predicted molar refractivity (Wildman–Crippen MR) is 113 cm³/mol. The van der Waals surface area contributed by atoms with Crippen molar-refractivity contribution in [2.24, 2.45) is 11.7 Å². The van der Waals surface area contributed by atoms with E-state index in [0.29, 0.717) is 23.4 Å². The summed E-state index contributed by atoms with van der Waals surface area (Å²) in [6.07, 6.45) is 6.16. The number of halogens is 1. The summed E-state index contributed by atoms with van der Waals surface area (Å²) in [6.45, 7) is 1.05. The molecule has 158 valence electrons. The number of rotatable bonds is 2. The smallest absolute Gasteiger partial charge is 0.483 e. The lowest BCUT2D eigenvalue weighted by Gasteiger charge is -2.28. The summed E-state index contributed by atoms with van der Waals surface area (Å²) in [5.74, 6) is -0.686. The van der Waals surface area contributed by atoms with Gasteiger partial charge in [0.1, 0.15) is 22.6 Å². The van der Waals surface area contributed by atoms with Crippen LogP contribution in [-0.4, -0.2) is 34.3 Å². The monoisotopic (exact) mass is 441 g/mol. The highest BCUT2D eigenvalue weighted by molar-refractivity contribution is 7.16. The van der Waals surface area contributed by atoms with E-state index in [9.17, 15) is 9.59 Å². The summed E-state index contributed by atoms with van der Waals surface area (Å²) in [5.41, 5.74) is 6.63. The Labute approximate surface area is 178 Å². The number of aromatic nitrogens is 1. The molecule has 2 aromatic heterocycles. The van der Waals surface area contributed by atoms with Gasteiger partial charge in [0.15, 0.2) is 11.6 Å². The molecular weight excluding hydrogens is 425 g/mol. The Balaban J connectivity index is 1.63. The van der Waals surface area contributed by atoms with E-state index in [4.69, 9.17) is 20.3 Å². The highest BCUT2D eigenvalue weighted by Crippen LogP contribution is 2.46. The average Bonchev–Trinajstić information content (AvgIpc) is 3.30. The average molecular weight is 441 g/mol. The number of carboxylic acid groups (broad SMARTS) is 1. The maximum Gasteiger partial charge on any atom is 0.511 e. The molecule has 1 aliphatic carbocycles. The topological polar surface area (TPSA) is 106 Å². The molecule has 31 heavy (non-hydrogen) atoms. The number of nitrogens with two attached hydrogens (primary N) is 1. The van der Waals surface area contributed by atoms with Crippen LogP contribution in [0.2, 0.25) is 0 Å².